The van der Waals surface area contributed by atoms with Gasteiger partial charge in [0.25, 0.3) is 0 Å². The first-order valence-corrected chi connectivity index (χ1v) is 12.1. The number of halogens is 2. The van der Waals surface area contributed by atoms with Crippen molar-refractivity contribution in [3.05, 3.63) is 53.1 Å². The average molecular weight is 515 g/mol. The molecule has 3 heterocycles. The molecule has 190 valence electrons. The van der Waals surface area contributed by atoms with E-state index in [9.17, 15) is 28.0 Å². The first kappa shape index (κ1) is 25.2. The third-order valence-corrected chi connectivity index (χ3v) is 7.17. The number of alkyl halides is 2. The molecule has 2 fully saturated rings. The Balaban J connectivity index is 1.53. The fourth-order valence-corrected chi connectivity index (χ4v) is 5.27. The standard InChI is InChI=1S/C20H24F2N5O7P/c1-26-9-7-13(17(26)29)25-35(31,34-12-5-3-2-4-6-12)32-11-14-16(28)20(21,22)18(33-14)27-10-8-15(23)24-19(27)30/h2-6,8,10,13-14,16,18,28H,7,9,11H2,1H3,(H,25,31)(H2,23,24,30)/t13?,14?,16-,18-,35?/m1/s1. The molecule has 0 spiro atoms. The van der Waals surface area contributed by atoms with E-state index in [1.807, 2.05) is 0 Å². The molecule has 2 aliphatic rings. The molecule has 2 aromatic rings. The quantitative estimate of drug-likeness (QED) is 0.428. The zero-order chi connectivity index (χ0) is 25.4. The highest BCUT2D eigenvalue weighted by Gasteiger charge is 2.60. The fraction of sp³-hybridized carbons (Fsp3) is 0.450. The molecule has 3 unspecified atom stereocenters. The van der Waals surface area contributed by atoms with Gasteiger partial charge in [0.05, 0.1) is 12.6 Å². The largest absolute Gasteiger partial charge is 0.459 e. The van der Waals surface area contributed by atoms with Crippen molar-refractivity contribution in [2.24, 2.45) is 0 Å². The van der Waals surface area contributed by atoms with Gasteiger partial charge < -0.3 is 25.0 Å². The number of nitrogens with one attached hydrogen (secondary N) is 1. The molecular formula is C20H24F2N5O7P. The molecule has 12 nitrogen and oxygen atoms in total. The molecule has 2 aliphatic heterocycles. The Morgan fingerprint density at radius 3 is 2.66 bits per heavy atom. The van der Waals surface area contributed by atoms with Crippen molar-refractivity contribution in [3.8, 4) is 5.75 Å². The number of para-hydroxylation sites is 1. The van der Waals surface area contributed by atoms with Crippen molar-refractivity contribution in [2.75, 3.05) is 25.9 Å². The lowest BCUT2D eigenvalue weighted by Crippen LogP contribution is -2.42. The SMILES string of the molecule is CN1CCC(NP(=O)(OCC2O[C@@H](n3ccc(N)nc3=O)C(F)(F)[C@@H]2O)Oc2ccccc2)C1=O. The lowest BCUT2D eigenvalue weighted by molar-refractivity contribution is -0.140. The van der Waals surface area contributed by atoms with E-state index < -0.39 is 50.4 Å². The van der Waals surface area contributed by atoms with E-state index in [4.69, 9.17) is 19.5 Å². The topological polar surface area (TPSA) is 158 Å². The van der Waals surface area contributed by atoms with Gasteiger partial charge in [-0.1, -0.05) is 18.2 Å². The predicted octanol–water partition coefficient (Wildman–Crippen LogP) is 0.743. The number of nitrogens with zero attached hydrogens (tertiary/aromatic N) is 3. The Labute approximate surface area is 198 Å². The van der Waals surface area contributed by atoms with Gasteiger partial charge in [-0.3, -0.25) is 13.9 Å². The van der Waals surface area contributed by atoms with E-state index in [0.29, 0.717) is 17.5 Å². The molecule has 0 aliphatic carbocycles. The van der Waals surface area contributed by atoms with Crippen molar-refractivity contribution < 1.29 is 37.0 Å². The number of likely N-dealkylation sites (N-methyl/N-ethyl adjacent to an activating group) is 1. The fourth-order valence-electron chi connectivity index (χ4n) is 3.73. The molecule has 1 amide bonds. The number of aliphatic hydroxyl groups excluding tert-OH is 1. The molecule has 15 heteroatoms. The minimum absolute atomic E-state index is 0.137. The van der Waals surface area contributed by atoms with Crippen molar-refractivity contribution >= 4 is 19.5 Å². The van der Waals surface area contributed by atoms with Crippen molar-refractivity contribution in [1.29, 1.82) is 0 Å². The van der Waals surface area contributed by atoms with Gasteiger partial charge in [0.2, 0.25) is 12.1 Å². The van der Waals surface area contributed by atoms with Crippen molar-refractivity contribution in [3.63, 3.8) is 0 Å². The van der Waals surface area contributed by atoms with Crippen LogP contribution in [0.25, 0.3) is 0 Å². The maximum Gasteiger partial charge on any atom is 0.459 e. The van der Waals surface area contributed by atoms with Gasteiger partial charge in [-0.05, 0) is 24.6 Å². The lowest BCUT2D eigenvalue weighted by Gasteiger charge is -2.24. The molecule has 1 aromatic heterocycles. The molecule has 1 aromatic carbocycles. The number of hydrogen-bond acceptors (Lipinski definition) is 9. The number of rotatable bonds is 8. The number of nitrogen functional groups attached to an aromatic ring is 1. The van der Waals surface area contributed by atoms with Crippen LogP contribution in [0.4, 0.5) is 14.6 Å². The number of aromatic nitrogens is 2. The van der Waals surface area contributed by atoms with Crippen molar-refractivity contribution in [2.45, 2.75) is 36.8 Å². The number of likely N-dealkylation sites (tertiary alicyclic amines) is 1. The third kappa shape index (κ3) is 5.21. The number of hydrogen-bond donors (Lipinski definition) is 3. The molecule has 35 heavy (non-hydrogen) atoms. The Hall–Kier alpha value is -2.90. The van der Waals surface area contributed by atoms with E-state index in [2.05, 4.69) is 10.1 Å². The van der Waals surface area contributed by atoms with Gasteiger partial charge in [-0.25, -0.2) is 9.36 Å². The minimum atomic E-state index is -4.31. The van der Waals surface area contributed by atoms with Crippen LogP contribution in [0.1, 0.15) is 12.6 Å². The molecule has 0 saturated carbocycles. The molecule has 5 atom stereocenters. The van der Waals surface area contributed by atoms with E-state index in [0.717, 1.165) is 12.3 Å². The van der Waals surface area contributed by atoms with Crippen LogP contribution in [0.3, 0.4) is 0 Å². The summed E-state index contributed by atoms with van der Waals surface area (Å²) in [5.41, 5.74) is 4.29. The number of aliphatic hydroxyl groups is 1. The summed E-state index contributed by atoms with van der Waals surface area (Å²) in [6.45, 7) is -0.400. The number of ether oxygens (including phenoxy) is 1. The van der Waals surface area contributed by atoms with Gasteiger partial charge in [0, 0.05) is 19.8 Å². The van der Waals surface area contributed by atoms with Gasteiger partial charge in [-0.2, -0.15) is 18.9 Å². The van der Waals surface area contributed by atoms with Crippen LogP contribution in [0.5, 0.6) is 5.75 Å². The second-order valence-electron chi connectivity index (χ2n) is 8.12. The van der Waals surface area contributed by atoms with Crippen LogP contribution in [-0.2, 0) is 18.6 Å². The predicted molar refractivity (Wildman–Crippen MR) is 118 cm³/mol. The second kappa shape index (κ2) is 9.63. The van der Waals surface area contributed by atoms with Crippen LogP contribution >= 0.6 is 7.75 Å². The maximum absolute atomic E-state index is 14.8. The third-order valence-electron chi connectivity index (χ3n) is 5.60. The van der Waals surface area contributed by atoms with Crippen LogP contribution in [-0.4, -0.2) is 69.8 Å². The average Bonchev–Trinajstić information content (AvgIpc) is 3.23. The number of amides is 1. The normalized spacial score (nSPS) is 27.7. The Morgan fingerprint density at radius 2 is 2.03 bits per heavy atom. The van der Waals surface area contributed by atoms with E-state index in [-0.39, 0.29) is 17.5 Å². The van der Waals surface area contributed by atoms with Crippen molar-refractivity contribution in [1.82, 2.24) is 19.5 Å². The monoisotopic (exact) mass is 515 g/mol. The Kier molecular flexibility index (Phi) is 6.93. The van der Waals surface area contributed by atoms with Crippen LogP contribution < -0.4 is 21.0 Å². The number of anilines is 1. The highest BCUT2D eigenvalue weighted by atomic mass is 31.2. The molecular weight excluding hydrogens is 491 g/mol. The Bertz CT molecular complexity index is 1180. The molecule has 4 N–H and O–H groups in total. The summed E-state index contributed by atoms with van der Waals surface area (Å²) < 4.78 is 59.7. The summed E-state index contributed by atoms with van der Waals surface area (Å²) in [5.74, 6) is -4.30. The maximum atomic E-state index is 14.8. The summed E-state index contributed by atoms with van der Waals surface area (Å²) in [5, 5.41) is 12.8. The molecule has 0 bridgehead atoms. The second-order valence-corrected chi connectivity index (χ2v) is 9.81. The van der Waals surface area contributed by atoms with E-state index >= 15 is 0 Å². The first-order chi connectivity index (χ1) is 16.5. The van der Waals surface area contributed by atoms with Crippen LogP contribution in [0, 0.1) is 0 Å². The summed E-state index contributed by atoms with van der Waals surface area (Å²) >= 11 is 0. The molecule has 0 radical (unpaired) electrons. The van der Waals surface area contributed by atoms with Gasteiger partial charge in [0.15, 0.2) is 6.10 Å². The van der Waals surface area contributed by atoms with Gasteiger partial charge in [0.1, 0.15) is 17.7 Å². The zero-order valence-corrected chi connectivity index (χ0v) is 19.4. The van der Waals surface area contributed by atoms with Crippen LogP contribution in [0.15, 0.2) is 47.4 Å². The lowest BCUT2D eigenvalue weighted by atomic mass is 10.1. The highest BCUT2D eigenvalue weighted by Crippen LogP contribution is 2.48. The number of carbonyl (C=O) groups excluding carboxylic acids is 1. The summed E-state index contributed by atoms with van der Waals surface area (Å²) in [4.78, 5) is 29.2. The Morgan fingerprint density at radius 1 is 1.31 bits per heavy atom. The van der Waals surface area contributed by atoms with E-state index in [1.165, 1.54) is 17.0 Å². The summed E-state index contributed by atoms with van der Waals surface area (Å²) in [6.07, 6.45) is -5.04. The van der Waals surface area contributed by atoms with Gasteiger partial charge >= 0.3 is 19.4 Å². The molecule has 4 rings (SSSR count). The summed E-state index contributed by atoms with van der Waals surface area (Å²) in [7, 11) is -2.74. The minimum Gasteiger partial charge on any atom is -0.413 e. The zero-order valence-electron chi connectivity index (χ0n) is 18.5. The van der Waals surface area contributed by atoms with Crippen LogP contribution in [0.2, 0.25) is 0 Å². The highest BCUT2D eigenvalue weighted by molar-refractivity contribution is 7.52. The first-order valence-electron chi connectivity index (χ1n) is 10.6. The molecule has 2 saturated heterocycles. The van der Waals surface area contributed by atoms with E-state index in [1.54, 1.807) is 25.2 Å². The number of carbonyl (C=O) groups is 1. The number of nitrogens with two attached hydrogens (primary N) is 1. The summed E-state index contributed by atoms with van der Waals surface area (Å²) in [6, 6.07) is 8.14. The smallest absolute Gasteiger partial charge is 0.413 e. The number of benzene rings is 1. The van der Waals surface area contributed by atoms with Gasteiger partial charge in [-0.15, -0.1) is 0 Å².